The lowest BCUT2D eigenvalue weighted by Gasteiger charge is -2.15. The molecule has 22 heavy (non-hydrogen) atoms. The number of nitrogens with one attached hydrogen (secondary N) is 1. The third kappa shape index (κ3) is 3.06. The van der Waals surface area contributed by atoms with E-state index in [0.717, 1.165) is 23.4 Å². The lowest BCUT2D eigenvalue weighted by atomic mass is 10.1. The summed E-state index contributed by atoms with van der Waals surface area (Å²) < 4.78 is 0. The molecule has 0 radical (unpaired) electrons. The van der Waals surface area contributed by atoms with E-state index in [4.69, 9.17) is 22.6 Å². The number of aromatic nitrogens is 1. The van der Waals surface area contributed by atoms with Crippen molar-refractivity contribution in [3.05, 3.63) is 47.2 Å². The number of pyridine rings is 1. The van der Waals surface area contributed by atoms with Gasteiger partial charge in [0.15, 0.2) is 0 Å². The molecule has 1 aromatic heterocycles. The van der Waals surface area contributed by atoms with Gasteiger partial charge in [-0.15, -0.1) is 0 Å². The van der Waals surface area contributed by atoms with Crippen LogP contribution in [0.2, 0.25) is 5.15 Å². The highest BCUT2D eigenvalue weighted by Gasteiger charge is 2.40. The fourth-order valence-corrected chi connectivity index (χ4v) is 2.60. The van der Waals surface area contributed by atoms with Gasteiger partial charge in [0.2, 0.25) is 0 Å². The summed E-state index contributed by atoms with van der Waals surface area (Å²) in [6, 6.07) is 11.4. The Bertz CT molecular complexity index is 714. The molecule has 0 amide bonds. The first-order valence-corrected chi connectivity index (χ1v) is 7.64. The van der Waals surface area contributed by atoms with E-state index in [1.165, 1.54) is 12.8 Å². The first-order chi connectivity index (χ1) is 10.7. The third-order valence-corrected chi connectivity index (χ3v) is 4.52. The van der Waals surface area contributed by atoms with Crippen LogP contribution in [0, 0.1) is 16.7 Å². The molecule has 1 aromatic carbocycles. The summed E-state index contributed by atoms with van der Waals surface area (Å²) in [4.78, 5) is 4.25. The summed E-state index contributed by atoms with van der Waals surface area (Å²) in [7, 11) is 0. The predicted molar refractivity (Wildman–Crippen MR) is 88.6 cm³/mol. The number of nitriles is 1. The van der Waals surface area contributed by atoms with Crippen molar-refractivity contribution in [1.82, 2.24) is 4.98 Å². The SMILES string of the molecule is N#Cc1ccc(-c2cc(NCC3(CN)CC3)cnc2Cl)cc1. The van der Waals surface area contributed by atoms with E-state index in [1.54, 1.807) is 18.3 Å². The van der Waals surface area contributed by atoms with Gasteiger partial charge in [0.05, 0.1) is 23.5 Å². The molecule has 0 unspecified atom stereocenters. The monoisotopic (exact) mass is 312 g/mol. The molecule has 3 N–H and O–H groups in total. The number of hydrogen-bond acceptors (Lipinski definition) is 4. The zero-order valence-corrected chi connectivity index (χ0v) is 12.9. The highest BCUT2D eigenvalue weighted by Crippen LogP contribution is 2.44. The van der Waals surface area contributed by atoms with Crippen LogP contribution in [-0.4, -0.2) is 18.1 Å². The molecule has 1 saturated carbocycles. The summed E-state index contributed by atoms with van der Waals surface area (Å²) in [5, 5.41) is 12.7. The first kappa shape index (κ1) is 14.8. The van der Waals surface area contributed by atoms with Crippen LogP contribution in [0.3, 0.4) is 0 Å². The van der Waals surface area contributed by atoms with Crippen molar-refractivity contribution in [3.63, 3.8) is 0 Å². The molecule has 2 aromatic rings. The summed E-state index contributed by atoms with van der Waals surface area (Å²) in [5.41, 5.74) is 9.42. The molecule has 3 rings (SSSR count). The van der Waals surface area contributed by atoms with Crippen LogP contribution >= 0.6 is 11.6 Å². The minimum Gasteiger partial charge on any atom is -0.383 e. The van der Waals surface area contributed by atoms with Crippen molar-refractivity contribution < 1.29 is 0 Å². The summed E-state index contributed by atoms with van der Waals surface area (Å²) in [6.07, 6.45) is 4.10. The molecule has 1 aliphatic carbocycles. The summed E-state index contributed by atoms with van der Waals surface area (Å²) in [6.45, 7) is 1.57. The average molecular weight is 313 g/mol. The largest absolute Gasteiger partial charge is 0.383 e. The number of benzene rings is 1. The van der Waals surface area contributed by atoms with Crippen LogP contribution in [-0.2, 0) is 0 Å². The second-order valence-corrected chi connectivity index (χ2v) is 6.17. The van der Waals surface area contributed by atoms with E-state index < -0.39 is 0 Å². The molecule has 4 nitrogen and oxygen atoms in total. The Kier molecular flexibility index (Phi) is 4.02. The molecule has 112 valence electrons. The molecule has 0 spiro atoms. The van der Waals surface area contributed by atoms with Gasteiger partial charge in [-0.3, -0.25) is 0 Å². The number of rotatable bonds is 5. The average Bonchev–Trinajstić information content (AvgIpc) is 3.35. The van der Waals surface area contributed by atoms with Gasteiger partial charge in [0.25, 0.3) is 0 Å². The maximum absolute atomic E-state index is 8.86. The fourth-order valence-electron chi connectivity index (χ4n) is 2.39. The number of anilines is 1. The third-order valence-electron chi connectivity index (χ3n) is 4.22. The zero-order valence-electron chi connectivity index (χ0n) is 12.1. The highest BCUT2D eigenvalue weighted by molar-refractivity contribution is 6.32. The van der Waals surface area contributed by atoms with Crippen molar-refractivity contribution in [3.8, 4) is 17.2 Å². The van der Waals surface area contributed by atoms with Crippen LogP contribution in [0.15, 0.2) is 36.5 Å². The number of nitrogens with zero attached hydrogens (tertiary/aromatic N) is 2. The van der Waals surface area contributed by atoms with Crippen LogP contribution in [0.25, 0.3) is 11.1 Å². The maximum atomic E-state index is 8.86. The Morgan fingerprint density at radius 2 is 2.05 bits per heavy atom. The van der Waals surface area contributed by atoms with Gasteiger partial charge in [-0.05, 0) is 48.6 Å². The molecule has 0 bridgehead atoms. The second-order valence-electron chi connectivity index (χ2n) is 5.81. The summed E-state index contributed by atoms with van der Waals surface area (Å²) >= 11 is 6.21. The molecule has 0 aliphatic heterocycles. The molecular formula is C17H17ClN4. The standard InChI is InChI=1S/C17H17ClN4/c18-16-15(13-3-1-12(8-19)2-4-13)7-14(9-21-16)22-11-17(10-20)5-6-17/h1-4,7,9,22H,5-6,10-11,20H2. The Balaban J connectivity index is 1.81. The van der Waals surface area contributed by atoms with Gasteiger partial charge >= 0.3 is 0 Å². The Morgan fingerprint density at radius 1 is 1.32 bits per heavy atom. The molecule has 5 heteroatoms. The number of halogens is 1. The smallest absolute Gasteiger partial charge is 0.136 e. The quantitative estimate of drug-likeness (QED) is 0.829. The Labute approximate surface area is 134 Å². The van der Waals surface area contributed by atoms with E-state index >= 15 is 0 Å². The van der Waals surface area contributed by atoms with E-state index in [0.29, 0.717) is 17.3 Å². The molecule has 1 heterocycles. The van der Waals surface area contributed by atoms with Crippen molar-refractivity contribution in [2.75, 3.05) is 18.4 Å². The van der Waals surface area contributed by atoms with Crippen LogP contribution in [0.5, 0.6) is 0 Å². The van der Waals surface area contributed by atoms with E-state index in [9.17, 15) is 0 Å². The van der Waals surface area contributed by atoms with Crippen molar-refractivity contribution in [2.45, 2.75) is 12.8 Å². The molecule has 0 saturated heterocycles. The van der Waals surface area contributed by atoms with E-state index in [-0.39, 0.29) is 5.41 Å². The summed E-state index contributed by atoms with van der Waals surface area (Å²) in [5.74, 6) is 0. The van der Waals surface area contributed by atoms with Crippen LogP contribution < -0.4 is 11.1 Å². The minimum atomic E-state index is 0.258. The molecule has 1 fully saturated rings. The van der Waals surface area contributed by atoms with Gasteiger partial charge in [0.1, 0.15) is 5.15 Å². The molecular weight excluding hydrogens is 296 g/mol. The predicted octanol–water partition coefficient (Wildman–Crippen LogP) is 3.42. The first-order valence-electron chi connectivity index (χ1n) is 7.26. The molecule has 0 atom stereocenters. The number of nitrogens with two attached hydrogens (primary N) is 1. The van der Waals surface area contributed by atoms with Gasteiger partial charge in [-0.25, -0.2) is 4.98 Å². The lowest BCUT2D eigenvalue weighted by Crippen LogP contribution is -2.24. The van der Waals surface area contributed by atoms with Crippen molar-refractivity contribution in [1.29, 1.82) is 5.26 Å². The second kappa shape index (κ2) is 5.96. The van der Waals surface area contributed by atoms with Crippen LogP contribution in [0.1, 0.15) is 18.4 Å². The van der Waals surface area contributed by atoms with Crippen molar-refractivity contribution >= 4 is 17.3 Å². The van der Waals surface area contributed by atoms with Crippen LogP contribution in [0.4, 0.5) is 5.69 Å². The molecule has 1 aliphatic rings. The topological polar surface area (TPSA) is 74.7 Å². The Hall–Kier alpha value is -2.09. The van der Waals surface area contributed by atoms with Gasteiger partial charge in [0, 0.05) is 12.1 Å². The highest BCUT2D eigenvalue weighted by atomic mass is 35.5. The fraction of sp³-hybridized carbons (Fsp3) is 0.294. The van der Waals surface area contributed by atoms with E-state index in [1.807, 2.05) is 18.2 Å². The normalized spacial score (nSPS) is 15.1. The van der Waals surface area contributed by atoms with Gasteiger partial charge in [-0.2, -0.15) is 5.26 Å². The lowest BCUT2D eigenvalue weighted by molar-refractivity contribution is 0.556. The van der Waals surface area contributed by atoms with Gasteiger partial charge < -0.3 is 11.1 Å². The van der Waals surface area contributed by atoms with Crippen molar-refractivity contribution in [2.24, 2.45) is 11.1 Å². The zero-order chi connectivity index (χ0) is 15.6. The van der Waals surface area contributed by atoms with Gasteiger partial charge in [-0.1, -0.05) is 23.7 Å². The Morgan fingerprint density at radius 3 is 2.64 bits per heavy atom. The van der Waals surface area contributed by atoms with E-state index in [2.05, 4.69) is 16.4 Å². The maximum Gasteiger partial charge on any atom is 0.136 e. The number of hydrogen-bond donors (Lipinski definition) is 2. The minimum absolute atomic E-state index is 0.258.